The van der Waals surface area contributed by atoms with Crippen molar-refractivity contribution in [1.82, 2.24) is 9.38 Å². The summed E-state index contributed by atoms with van der Waals surface area (Å²) in [6.45, 7) is 1.75. The molecule has 1 saturated carbocycles. The minimum atomic E-state index is -0.723. The number of ether oxygens (including phenoxy) is 1. The second-order valence-electron chi connectivity index (χ2n) is 9.79. The fourth-order valence-corrected chi connectivity index (χ4v) is 4.42. The van der Waals surface area contributed by atoms with Gasteiger partial charge in [-0.05, 0) is 74.4 Å². The van der Waals surface area contributed by atoms with E-state index in [0.717, 1.165) is 23.6 Å². The van der Waals surface area contributed by atoms with E-state index >= 15 is 0 Å². The van der Waals surface area contributed by atoms with E-state index in [1.807, 2.05) is 0 Å². The molecule has 11 heteroatoms. The monoisotopic (exact) mass is 556 g/mol. The van der Waals surface area contributed by atoms with Gasteiger partial charge in [0.25, 0.3) is 5.69 Å². The van der Waals surface area contributed by atoms with Crippen LogP contribution in [-0.4, -0.2) is 26.4 Å². The Morgan fingerprint density at radius 2 is 1.78 bits per heavy atom. The second kappa shape index (κ2) is 10.3. The number of aryl methyl sites for hydroxylation is 1. The summed E-state index contributed by atoms with van der Waals surface area (Å²) in [4.78, 5) is 29.3. The average Bonchev–Trinajstić information content (AvgIpc) is 3.72. The first kappa shape index (κ1) is 25.9. The third-order valence-electron chi connectivity index (χ3n) is 6.70. The van der Waals surface area contributed by atoms with Crippen molar-refractivity contribution in [2.24, 2.45) is 5.92 Å². The van der Waals surface area contributed by atoms with E-state index in [1.54, 1.807) is 41.9 Å². The fourth-order valence-electron chi connectivity index (χ4n) is 4.42. The first-order valence-electron chi connectivity index (χ1n) is 12.8. The molecule has 3 aromatic heterocycles. The molecule has 2 amide bonds. The number of imidazole rings is 1. The molecule has 1 fully saturated rings. The van der Waals surface area contributed by atoms with Gasteiger partial charge < -0.3 is 19.8 Å². The summed E-state index contributed by atoms with van der Waals surface area (Å²) in [5, 5.41) is 16.1. The zero-order chi connectivity index (χ0) is 28.7. The SMILES string of the molecule is Cc1ccc(C(=O)Nc2ccc(Oc3ccc4nc(NC(=O)C5CC5)cn4c3)c(F)c2)[n+](O)c1-c1ccc(F)cc1. The number of nitrogens with zero attached hydrogens (tertiary/aromatic N) is 3. The number of amides is 2. The van der Waals surface area contributed by atoms with Crippen molar-refractivity contribution in [2.45, 2.75) is 19.8 Å². The van der Waals surface area contributed by atoms with E-state index in [-0.39, 0.29) is 29.0 Å². The van der Waals surface area contributed by atoms with Crippen molar-refractivity contribution < 1.29 is 33.0 Å². The lowest BCUT2D eigenvalue weighted by atomic mass is 10.1. The number of benzene rings is 2. The van der Waals surface area contributed by atoms with Crippen molar-refractivity contribution in [3.63, 3.8) is 0 Å². The van der Waals surface area contributed by atoms with E-state index in [2.05, 4.69) is 15.6 Å². The van der Waals surface area contributed by atoms with Gasteiger partial charge in [0.15, 0.2) is 17.4 Å². The molecule has 0 spiro atoms. The number of hydrogen-bond donors (Lipinski definition) is 3. The number of pyridine rings is 2. The number of carbonyl (C=O) groups excluding carboxylic acids is 2. The Balaban J connectivity index is 1.17. The number of halogens is 2. The van der Waals surface area contributed by atoms with Gasteiger partial charge in [0.05, 0.1) is 18.0 Å². The largest absolute Gasteiger partial charge is 0.453 e. The Bertz CT molecular complexity index is 1820. The molecule has 0 saturated heterocycles. The van der Waals surface area contributed by atoms with E-state index in [0.29, 0.717) is 34.0 Å². The normalized spacial score (nSPS) is 12.8. The lowest BCUT2D eigenvalue weighted by Gasteiger charge is -2.10. The third kappa shape index (κ3) is 5.42. The highest BCUT2D eigenvalue weighted by Crippen LogP contribution is 2.31. The summed E-state index contributed by atoms with van der Waals surface area (Å²) in [5.74, 6) is -1.15. The third-order valence-corrected chi connectivity index (χ3v) is 6.70. The van der Waals surface area contributed by atoms with Crippen LogP contribution in [0, 0.1) is 24.5 Å². The van der Waals surface area contributed by atoms with Crippen LogP contribution in [0.15, 0.2) is 79.1 Å². The van der Waals surface area contributed by atoms with E-state index in [4.69, 9.17) is 4.74 Å². The van der Waals surface area contributed by atoms with Gasteiger partial charge in [0.2, 0.25) is 5.91 Å². The second-order valence-corrected chi connectivity index (χ2v) is 9.79. The van der Waals surface area contributed by atoms with E-state index in [9.17, 15) is 23.6 Å². The Labute approximate surface area is 232 Å². The van der Waals surface area contributed by atoms with Crippen molar-refractivity contribution in [3.05, 3.63) is 102 Å². The van der Waals surface area contributed by atoms with Gasteiger partial charge in [-0.15, -0.1) is 0 Å². The molecule has 0 aliphatic heterocycles. The quantitative estimate of drug-likeness (QED) is 0.181. The smallest absolute Gasteiger partial charge is 0.325 e. The highest BCUT2D eigenvalue weighted by atomic mass is 19.1. The predicted octanol–water partition coefficient (Wildman–Crippen LogP) is 5.51. The van der Waals surface area contributed by atoms with Crippen molar-refractivity contribution >= 4 is 29.0 Å². The summed E-state index contributed by atoms with van der Waals surface area (Å²) in [6.07, 6.45) is 5.03. The van der Waals surface area contributed by atoms with Gasteiger partial charge in [0.1, 0.15) is 17.2 Å². The van der Waals surface area contributed by atoms with Gasteiger partial charge in [-0.1, -0.05) is 0 Å². The standard InChI is InChI=1S/C30H23F2N5O4/c1-17-2-11-24(37(40)28(17)18-5-7-20(31)8-6-18)30(39)33-21-9-12-25(23(32)14-21)41-22-10-13-27-34-26(16-36(27)15-22)35-29(38)19-3-4-19/h2,5-16,19H,3-4H2,1H3,(H2-,33,35,38,39,40)/p+1. The lowest BCUT2D eigenvalue weighted by molar-refractivity contribution is -0.897. The Morgan fingerprint density at radius 3 is 2.51 bits per heavy atom. The number of nitrogens with one attached hydrogen (secondary N) is 2. The number of anilines is 2. The maximum absolute atomic E-state index is 15.0. The predicted molar refractivity (Wildman–Crippen MR) is 145 cm³/mol. The minimum absolute atomic E-state index is 0.0506. The topological polar surface area (TPSA) is 109 Å². The van der Waals surface area contributed by atoms with Crippen LogP contribution < -0.4 is 20.1 Å². The average molecular weight is 557 g/mol. The molecule has 1 aliphatic carbocycles. The molecule has 0 atom stereocenters. The van der Waals surface area contributed by atoms with Gasteiger partial charge in [-0.25, -0.2) is 13.8 Å². The molecular weight excluding hydrogens is 532 g/mol. The zero-order valence-electron chi connectivity index (χ0n) is 21.8. The van der Waals surface area contributed by atoms with Gasteiger partial charge in [-0.3, -0.25) is 14.8 Å². The van der Waals surface area contributed by atoms with Crippen LogP contribution in [0.5, 0.6) is 11.5 Å². The van der Waals surface area contributed by atoms with E-state index in [1.165, 1.54) is 42.5 Å². The van der Waals surface area contributed by atoms with Crippen LogP contribution in [-0.2, 0) is 4.79 Å². The Kier molecular flexibility index (Phi) is 6.54. The summed E-state index contributed by atoms with van der Waals surface area (Å²) in [6, 6.07) is 15.8. The number of rotatable bonds is 7. The first-order valence-corrected chi connectivity index (χ1v) is 12.8. The first-order chi connectivity index (χ1) is 19.7. The van der Waals surface area contributed by atoms with Gasteiger partial charge >= 0.3 is 11.6 Å². The fraction of sp³-hybridized carbons (Fsp3) is 0.133. The summed E-state index contributed by atoms with van der Waals surface area (Å²) < 4.78 is 36.4. The molecule has 3 heterocycles. The number of fused-ring (bicyclic) bond motifs is 1. The molecule has 206 valence electrons. The summed E-state index contributed by atoms with van der Waals surface area (Å²) in [5.41, 5.74) is 2.13. The van der Waals surface area contributed by atoms with Gasteiger partial charge in [-0.2, -0.15) is 0 Å². The number of carbonyl (C=O) groups is 2. The molecule has 41 heavy (non-hydrogen) atoms. The van der Waals surface area contributed by atoms with Crippen LogP contribution in [0.2, 0.25) is 0 Å². The highest BCUT2D eigenvalue weighted by molar-refractivity contribution is 6.02. The Hall–Kier alpha value is -5.32. The van der Waals surface area contributed by atoms with Crippen LogP contribution >= 0.6 is 0 Å². The maximum Gasteiger partial charge on any atom is 0.325 e. The molecule has 9 nitrogen and oxygen atoms in total. The molecule has 2 aromatic carbocycles. The molecule has 6 rings (SSSR count). The van der Waals surface area contributed by atoms with Crippen LogP contribution in [0.3, 0.4) is 0 Å². The molecule has 1 aliphatic rings. The summed E-state index contributed by atoms with van der Waals surface area (Å²) >= 11 is 0. The number of aromatic nitrogens is 3. The molecule has 0 bridgehead atoms. The molecule has 3 N–H and O–H groups in total. The number of hydrogen-bond acceptors (Lipinski definition) is 5. The van der Waals surface area contributed by atoms with E-state index < -0.39 is 17.5 Å². The lowest BCUT2D eigenvalue weighted by Crippen LogP contribution is -2.42. The zero-order valence-corrected chi connectivity index (χ0v) is 21.8. The molecule has 5 aromatic rings. The molecule has 0 unspecified atom stereocenters. The Morgan fingerprint density at radius 1 is 1.00 bits per heavy atom. The minimum Gasteiger partial charge on any atom is -0.453 e. The molecular formula is C30H24F2N5O4+. The van der Waals surface area contributed by atoms with Crippen molar-refractivity contribution in [1.29, 1.82) is 0 Å². The maximum atomic E-state index is 15.0. The van der Waals surface area contributed by atoms with Gasteiger partial charge in [0, 0.05) is 34.0 Å². The van der Waals surface area contributed by atoms with Crippen LogP contribution in [0.1, 0.15) is 28.9 Å². The van der Waals surface area contributed by atoms with Crippen LogP contribution in [0.4, 0.5) is 20.3 Å². The van der Waals surface area contributed by atoms with Crippen molar-refractivity contribution in [2.75, 3.05) is 10.6 Å². The van der Waals surface area contributed by atoms with Crippen LogP contribution in [0.25, 0.3) is 16.9 Å². The summed E-state index contributed by atoms with van der Waals surface area (Å²) in [7, 11) is 0. The van der Waals surface area contributed by atoms with Crippen molar-refractivity contribution in [3.8, 4) is 22.8 Å². The highest BCUT2D eigenvalue weighted by Gasteiger charge is 2.30. The molecule has 0 radical (unpaired) electrons.